The van der Waals surface area contributed by atoms with Crippen LogP contribution in [0.15, 0.2) is 30.3 Å². The zero-order chi connectivity index (χ0) is 23.3. The topological polar surface area (TPSA) is 76.1 Å². The van der Waals surface area contributed by atoms with Gasteiger partial charge in [0, 0.05) is 30.0 Å². The van der Waals surface area contributed by atoms with Crippen LogP contribution < -0.4 is 14.2 Å². The number of ether oxygens (including phenoxy) is 5. The predicted octanol–water partition coefficient (Wildman–Crippen LogP) is 5.69. The summed E-state index contributed by atoms with van der Waals surface area (Å²) in [5, 5.41) is 0.715. The molecule has 0 N–H and O–H groups in total. The summed E-state index contributed by atoms with van der Waals surface area (Å²) in [5.41, 5.74) is 4.13. The molecule has 7 nitrogen and oxygen atoms in total. The largest absolute Gasteiger partial charge is 0.513 e. The molecule has 0 radical (unpaired) electrons. The van der Waals surface area contributed by atoms with Crippen molar-refractivity contribution >= 4 is 17.1 Å². The molecule has 0 bridgehead atoms. The number of carbonyl (C=O) groups excluding carboxylic acids is 1. The van der Waals surface area contributed by atoms with E-state index in [-0.39, 0.29) is 6.61 Å². The van der Waals surface area contributed by atoms with Gasteiger partial charge in [0.2, 0.25) is 0 Å². The van der Waals surface area contributed by atoms with Crippen LogP contribution in [0.4, 0.5) is 4.79 Å². The minimum atomic E-state index is -0.782. The summed E-state index contributed by atoms with van der Waals surface area (Å²) in [6, 6.07) is 9.34. The van der Waals surface area contributed by atoms with E-state index in [9.17, 15) is 4.79 Å². The monoisotopic (exact) mass is 439 g/mol. The van der Waals surface area contributed by atoms with Gasteiger partial charge in [-0.3, -0.25) is 4.98 Å². The molecule has 0 saturated heterocycles. The van der Waals surface area contributed by atoms with E-state index in [0.29, 0.717) is 41.4 Å². The van der Waals surface area contributed by atoms with Crippen molar-refractivity contribution in [2.45, 2.75) is 34.1 Å². The maximum atomic E-state index is 12.3. The summed E-state index contributed by atoms with van der Waals surface area (Å²) >= 11 is 0. The van der Waals surface area contributed by atoms with Gasteiger partial charge in [-0.2, -0.15) is 0 Å². The number of methoxy groups -OCH3 is 2. The van der Waals surface area contributed by atoms with Gasteiger partial charge in [-0.1, -0.05) is 13.0 Å². The lowest BCUT2D eigenvalue weighted by Gasteiger charge is -2.19. The van der Waals surface area contributed by atoms with Gasteiger partial charge in [-0.25, -0.2) is 4.79 Å². The third kappa shape index (κ3) is 4.94. The summed E-state index contributed by atoms with van der Waals surface area (Å²) < 4.78 is 27.3. The normalized spacial score (nSPS) is 10.8. The van der Waals surface area contributed by atoms with Crippen LogP contribution in [0.5, 0.6) is 23.0 Å². The molecule has 32 heavy (non-hydrogen) atoms. The molecule has 170 valence electrons. The maximum absolute atomic E-state index is 12.3. The van der Waals surface area contributed by atoms with Crippen LogP contribution in [-0.2, 0) is 15.9 Å². The zero-order valence-electron chi connectivity index (χ0n) is 19.4. The number of rotatable bonds is 8. The average molecular weight is 440 g/mol. The van der Waals surface area contributed by atoms with Crippen molar-refractivity contribution in [3.05, 3.63) is 52.7 Å². The highest BCUT2D eigenvalue weighted by Gasteiger charge is 2.21. The Balaban J connectivity index is 2.10. The average Bonchev–Trinajstić information content (AvgIpc) is 2.78. The molecular weight excluding hydrogens is 410 g/mol. The summed E-state index contributed by atoms with van der Waals surface area (Å²) in [7, 11) is 3.15. The van der Waals surface area contributed by atoms with Gasteiger partial charge in [-0.15, -0.1) is 0 Å². The number of benzene rings is 2. The second-order valence-electron chi connectivity index (χ2n) is 7.38. The molecule has 0 aliphatic heterocycles. The van der Waals surface area contributed by atoms with E-state index in [4.69, 9.17) is 28.7 Å². The van der Waals surface area contributed by atoms with E-state index < -0.39 is 6.16 Å². The van der Waals surface area contributed by atoms with Crippen LogP contribution in [0.2, 0.25) is 0 Å². The second kappa shape index (κ2) is 10.3. The lowest BCUT2D eigenvalue weighted by Crippen LogP contribution is -2.15. The summed E-state index contributed by atoms with van der Waals surface area (Å²) in [6.07, 6.45) is -0.0771. The molecule has 0 spiro atoms. The molecule has 0 fully saturated rings. The number of aryl methyl sites for hydroxylation is 3. The van der Waals surface area contributed by atoms with Gasteiger partial charge in [0.05, 0.1) is 24.6 Å². The van der Waals surface area contributed by atoms with Gasteiger partial charge >= 0.3 is 6.16 Å². The molecule has 3 rings (SSSR count). The van der Waals surface area contributed by atoms with Crippen LogP contribution in [-0.4, -0.2) is 38.6 Å². The molecule has 1 aromatic heterocycles. The number of pyridine rings is 1. The minimum absolute atomic E-state index is 0.111. The fourth-order valence-corrected chi connectivity index (χ4v) is 3.60. The van der Waals surface area contributed by atoms with Crippen LogP contribution in [0, 0.1) is 20.8 Å². The zero-order valence-corrected chi connectivity index (χ0v) is 19.4. The van der Waals surface area contributed by atoms with E-state index in [1.807, 2.05) is 58.0 Å². The van der Waals surface area contributed by atoms with Crippen molar-refractivity contribution in [3.8, 4) is 23.0 Å². The minimum Gasteiger partial charge on any atom is -0.497 e. The Morgan fingerprint density at radius 1 is 0.969 bits per heavy atom. The molecule has 0 aliphatic carbocycles. The first-order chi connectivity index (χ1) is 15.4. The van der Waals surface area contributed by atoms with E-state index in [0.717, 1.165) is 27.9 Å². The summed E-state index contributed by atoms with van der Waals surface area (Å²) in [6.45, 7) is 8.21. The Morgan fingerprint density at radius 2 is 1.72 bits per heavy atom. The molecule has 7 heteroatoms. The van der Waals surface area contributed by atoms with Crippen molar-refractivity contribution < 1.29 is 28.5 Å². The van der Waals surface area contributed by atoms with E-state index in [1.165, 1.54) is 7.11 Å². The molecule has 2 aromatic carbocycles. The third-order valence-corrected chi connectivity index (χ3v) is 5.23. The molecule has 3 aromatic rings. The molecule has 0 amide bonds. The number of aromatic nitrogens is 1. The third-order valence-electron chi connectivity index (χ3n) is 5.23. The number of hydrogen-bond acceptors (Lipinski definition) is 7. The van der Waals surface area contributed by atoms with Crippen molar-refractivity contribution in [1.29, 1.82) is 0 Å². The summed E-state index contributed by atoms with van der Waals surface area (Å²) in [5.74, 6) is 2.45. The maximum Gasteiger partial charge on any atom is 0.513 e. The first-order valence-corrected chi connectivity index (χ1v) is 10.5. The Morgan fingerprint density at radius 3 is 2.41 bits per heavy atom. The van der Waals surface area contributed by atoms with Gasteiger partial charge in [-0.05, 0) is 51.0 Å². The molecule has 0 unspecified atom stereocenters. The van der Waals surface area contributed by atoms with Gasteiger partial charge in [0.15, 0.2) is 0 Å². The summed E-state index contributed by atoms with van der Waals surface area (Å²) in [4.78, 5) is 17.1. The van der Waals surface area contributed by atoms with Crippen LogP contribution >= 0.6 is 0 Å². The molecule has 0 aliphatic rings. The number of fused-ring (bicyclic) bond motifs is 1. The van der Waals surface area contributed by atoms with Crippen LogP contribution in [0.1, 0.15) is 29.3 Å². The molecule has 0 atom stereocenters. The Bertz CT molecular complexity index is 1130. The number of carbonyl (C=O) groups is 1. The van der Waals surface area contributed by atoms with E-state index >= 15 is 0 Å². The standard InChI is InChI=1S/C25H29NO6/c1-7-20-16(3)24(32-25(27)30-12-11-28-5)22-17(4)23(15(2)13-21(22)26-20)31-19-10-8-9-18(14-19)29-6/h8-10,13-14H,7,11-12H2,1-6H3. The highest BCUT2D eigenvalue weighted by Crippen LogP contribution is 2.40. The van der Waals surface area contributed by atoms with Crippen molar-refractivity contribution in [3.63, 3.8) is 0 Å². The quantitative estimate of drug-likeness (QED) is 0.330. The lowest BCUT2D eigenvalue weighted by atomic mass is 9.99. The predicted molar refractivity (Wildman–Crippen MR) is 122 cm³/mol. The van der Waals surface area contributed by atoms with E-state index in [2.05, 4.69) is 0 Å². The fourth-order valence-electron chi connectivity index (χ4n) is 3.60. The fraction of sp³-hybridized carbons (Fsp3) is 0.360. The Hall–Kier alpha value is -3.32. The van der Waals surface area contributed by atoms with Crippen LogP contribution in [0.25, 0.3) is 10.9 Å². The number of hydrogen-bond donors (Lipinski definition) is 0. The smallest absolute Gasteiger partial charge is 0.497 e. The second-order valence-corrected chi connectivity index (χ2v) is 7.38. The van der Waals surface area contributed by atoms with E-state index in [1.54, 1.807) is 7.11 Å². The number of nitrogens with zero attached hydrogens (tertiary/aromatic N) is 1. The Kier molecular flexibility index (Phi) is 7.53. The first kappa shape index (κ1) is 23.3. The molecule has 0 saturated carbocycles. The van der Waals surface area contributed by atoms with Gasteiger partial charge in [0.1, 0.15) is 29.6 Å². The Labute approximate surface area is 188 Å². The first-order valence-electron chi connectivity index (χ1n) is 10.5. The molecular formula is C25H29NO6. The molecule has 1 heterocycles. The highest BCUT2D eigenvalue weighted by molar-refractivity contribution is 5.94. The SMILES string of the molecule is CCc1nc2cc(C)c(Oc3cccc(OC)c3)c(C)c2c(OC(=O)OCCOC)c1C. The van der Waals surface area contributed by atoms with Crippen molar-refractivity contribution in [2.24, 2.45) is 0 Å². The highest BCUT2D eigenvalue weighted by atomic mass is 16.7. The van der Waals surface area contributed by atoms with Crippen LogP contribution in [0.3, 0.4) is 0 Å². The van der Waals surface area contributed by atoms with Crippen molar-refractivity contribution in [2.75, 3.05) is 27.4 Å². The van der Waals surface area contributed by atoms with Gasteiger partial charge in [0.25, 0.3) is 0 Å². The lowest BCUT2D eigenvalue weighted by molar-refractivity contribution is 0.0687. The van der Waals surface area contributed by atoms with Crippen molar-refractivity contribution in [1.82, 2.24) is 4.98 Å². The van der Waals surface area contributed by atoms with Gasteiger partial charge < -0.3 is 23.7 Å².